The van der Waals surface area contributed by atoms with Crippen LogP contribution in [0.5, 0.6) is 5.75 Å². The van der Waals surface area contributed by atoms with E-state index in [9.17, 15) is 5.26 Å². The highest BCUT2D eigenvalue weighted by atomic mass is 16.5. The Morgan fingerprint density at radius 1 is 1.32 bits per heavy atom. The molecule has 0 amide bonds. The molecule has 0 fully saturated rings. The number of hydrogen-bond acceptors (Lipinski definition) is 3. The van der Waals surface area contributed by atoms with Crippen molar-refractivity contribution in [1.82, 2.24) is 9.97 Å². The molecule has 1 aromatic carbocycles. The first kappa shape index (κ1) is 13.9. The summed E-state index contributed by atoms with van der Waals surface area (Å²) in [5, 5.41) is 10.6. The van der Waals surface area contributed by atoms with E-state index in [0.29, 0.717) is 5.57 Å². The lowest BCUT2D eigenvalue weighted by Gasteiger charge is -2.06. The minimum atomic E-state index is 0.632. The first-order chi connectivity index (χ1) is 10.7. The molecule has 4 heteroatoms. The van der Waals surface area contributed by atoms with Gasteiger partial charge in [-0.25, -0.2) is 0 Å². The van der Waals surface area contributed by atoms with Gasteiger partial charge in [0.2, 0.25) is 0 Å². The molecule has 2 heterocycles. The Bertz CT molecular complexity index is 886. The highest BCUT2D eigenvalue weighted by molar-refractivity contribution is 6.05. The first-order valence-corrected chi connectivity index (χ1v) is 6.91. The Hall–Kier alpha value is -3.06. The molecule has 0 radical (unpaired) electrons. The standard InChI is InChI=1S/C18H15N3O/c1-12(13-4-3-7-20-10-13)16(9-19)17-11-21-18-6-5-14(22-2)8-15(17)18/h3-8,10-11,21H,1-2H3. The summed E-state index contributed by atoms with van der Waals surface area (Å²) in [4.78, 5) is 7.33. The van der Waals surface area contributed by atoms with Crippen molar-refractivity contribution in [1.29, 1.82) is 5.26 Å². The molecule has 0 unspecified atom stereocenters. The Morgan fingerprint density at radius 2 is 2.18 bits per heavy atom. The van der Waals surface area contributed by atoms with Crippen molar-refractivity contribution >= 4 is 22.0 Å². The third-order valence-corrected chi connectivity index (χ3v) is 3.74. The summed E-state index contributed by atoms with van der Waals surface area (Å²) >= 11 is 0. The number of allylic oxidation sites excluding steroid dienone is 2. The van der Waals surface area contributed by atoms with Crippen LogP contribution in [0.3, 0.4) is 0 Å². The zero-order valence-electron chi connectivity index (χ0n) is 12.4. The van der Waals surface area contributed by atoms with Crippen LogP contribution in [0, 0.1) is 11.3 Å². The molecule has 0 atom stereocenters. The molecule has 0 aliphatic rings. The van der Waals surface area contributed by atoms with E-state index >= 15 is 0 Å². The van der Waals surface area contributed by atoms with E-state index in [1.54, 1.807) is 19.5 Å². The number of methoxy groups -OCH3 is 1. The summed E-state index contributed by atoms with van der Waals surface area (Å²) in [6, 6.07) is 11.9. The Balaban J connectivity index is 2.22. The van der Waals surface area contributed by atoms with Crippen LogP contribution in [0.1, 0.15) is 18.1 Å². The second kappa shape index (κ2) is 5.74. The average Bonchev–Trinajstić information content (AvgIpc) is 2.99. The molecule has 3 aromatic rings. The molecule has 0 bridgehead atoms. The monoisotopic (exact) mass is 289 g/mol. The van der Waals surface area contributed by atoms with Gasteiger partial charge < -0.3 is 9.72 Å². The van der Waals surface area contributed by atoms with E-state index in [2.05, 4.69) is 16.0 Å². The van der Waals surface area contributed by atoms with Gasteiger partial charge in [0.25, 0.3) is 0 Å². The maximum atomic E-state index is 9.64. The number of pyridine rings is 1. The molecule has 0 aliphatic carbocycles. The van der Waals surface area contributed by atoms with Crippen molar-refractivity contribution in [2.24, 2.45) is 0 Å². The predicted molar refractivity (Wildman–Crippen MR) is 87.2 cm³/mol. The summed E-state index contributed by atoms with van der Waals surface area (Å²) in [5.41, 5.74) is 4.32. The van der Waals surface area contributed by atoms with Crippen LogP contribution in [0.2, 0.25) is 0 Å². The van der Waals surface area contributed by atoms with Crippen molar-refractivity contribution in [3.8, 4) is 11.8 Å². The SMILES string of the molecule is COc1ccc2[nH]cc(C(C#N)=C(C)c3cccnc3)c2c1. The number of hydrogen-bond donors (Lipinski definition) is 1. The number of nitrogens with one attached hydrogen (secondary N) is 1. The van der Waals surface area contributed by atoms with Crippen LogP contribution in [0.15, 0.2) is 48.9 Å². The van der Waals surface area contributed by atoms with Gasteiger partial charge in [0.05, 0.1) is 12.7 Å². The smallest absolute Gasteiger partial charge is 0.119 e. The van der Waals surface area contributed by atoms with E-state index in [0.717, 1.165) is 33.4 Å². The van der Waals surface area contributed by atoms with E-state index in [4.69, 9.17) is 4.74 Å². The highest BCUT2D eigenvalue weighted by Crippen LogP contribution is 2.32. The summed E-state index contributed by atoms with van der Waals surface area (Å²) in [5.74, 6) is 0.768. The molecule has 0 saturated heterocycles. The Labute approximate surface area is 128 Å². The minimum Gasteiger partial charge on any atom is -0.497 e. The van der Waals surface area contributed by atoms with Gasteiger partial charge in [-0.05, 0) is 42.3 Å². The number of ether oxygens (including phenoxy) is 1. The van der Waals surface area contributed by atoms with Crippen molar-refractivity contribution in [2.45, 2.75) is 6.92 Å². The highest BCUT2D eigenvalue weighted by Gasteiger charge is 2.13. The summed E-state index contributed by atoms with van der Waals surface area (Å²) < 4.78 is 5.28. The van der Waals surface area contributed by atoms with Crippen LogP contribution in [-0.4, -0.2) is 17.1 Å². The summed E-state index contributed by atoms with van der Waals surface area (Å²) in [6.45, 7) is 1.94. The second-order valence-corrected chi connectivity index (χ2v) is 4.97. The number of nitrogens with zero attached hydrogens (tertiary/aromatic N) is 2. The van der Waals surface area contributed by atoms with Crippen LogP contribution in [-0.2, 0) is 0 Å². The fraction of sp³-hybridized carbons (Fsp3) is 0.111. The summed E-state index contributed by atoms with van der Waals surface area (Å²) in [7, 11) is 1.63. The van der Waals surface area contributed by atoms with Gasteiger partial charge in [0.15, 0.2) is 0 Å². The van der Waals surface area contributed by atoms with E-state index in [1.165, 1.54) is 0 Å². The van der Waals surface area contributed by atoms with Crippen LogP contribution < -0.4 is 4.74 Å². The Morgan fingerprint density at radius 3 is 2.86 bits per heavy atom. The fourth-order valence-corrected chi connectivity index (χ4v) is 2.51. The van der Waals surface area contributed by atoms with Crippen LogP contribution in [0.25, 0.3) is 22.0 Å². The van der Waals surface area contributed by atoms with Gasteiger partial charge in [-0.3, -0.25) is 4.98 Å². The molecule has 2 aromatic heterocycles. The number of H-pyrrole nitrogens is 1. The van der Waals surface area contributed by atoms with Crippen molar-refractivity contribution < 1.29 is 4.74 Å². The molecule has 0 spiro atoms. The number of rotatable bonds is 3. The van der Waals surface area contributed by atoms with Crippen molar-refractivity contribution in [2.75, 3.05) is 7.11 Å². The van der Waals surface area contributed by atoms with E-state index < -0.39 is 0 Å². The zero-order chi connectivity index (χ0) is 15.5. The molecular formula is C18H15N3O. The molecule has 108 valence electrons. The van der Waals surface area contributed by atoms with E-state index in [-0.39, 0.29) is 0 Å². The maximum absolute atomic E-state index is 9.64. The fourth-order valence-electron chi connectivity index (χ4n) is 2.51. The number of aromatic nitrogens is 2. The third-order valence-electron chi connectivity index (χ3n) is 3.74. The molecule has 1 N–H and O–H groups in total. The van der Waals surface area contributed by atoms with Gasteiger partial charge in [-0.15, -0.1) is 0 Å². The molecule has 4 nitrogen and oxygen atoms in total. The molecule has 0 aliphatic heterocycles. The predicted octanol–water partition coefficient (Wildman–Crippen LogP) is 4.03. The third kappa shape index (κ3) is 2.33. The molecular weight excluding hydrogens is 274 g/mol. The lowest BCUT2D eigenvalue weighted by atomic mass is 9.97. The normalized spacial score (nSPS) is 11.9. The average molecular weight is 289 g/mol. The zero-order valence-corrected chi connectivity index (χ0v) is 12.4. The molecule has 22 heavy (non-hydrogen) atoms. The molecule has 0 saturated carbocycles. The van der Waals surface area contributed by atoms with Gasteiger partial charge in [0, 0.05) is 35.1 Å². The Kier molecular flexibility index (Phi) is 3.63. The van der Waals surface area contributed by atoms with Crippen LogP contribution in [0.4, 0.5) is 0 Å². The lowest BCUT2D eigenvalue weighted by molar-refractivity contribution is 0.415. The topological polar surface area (TPSA) is 61.7 Å². The molecule has 3 rings (SSSR count). The van der Waals surface area contributed by atoms with Crippen LogP contribution >= 0.6 is 0 Å². The largest absolute Gasteiger partial charge is 0.497 e. The van der Waals surface area contributed by atoms with E-state index in [1.807, 2.05) is 43.5 Å². The van der Waals surface area contributed by atoms with Gasteiger partial charge in [-0.1, -0.05) is 6.07 Å². The lowest BCUT2D eigenvalue weighted by Crippen LogP contribution is -1.88. The number of benzene rings is 1. The quantitative estimate of drug-likeness (QED) is 0.740. The van der Waals surface area contributed by atoms with Gasteiger partial charge in [0.1, 0.15) is 11.8 Å². The van der Waals surface area contributed by atoms with Gasteiger partial charge >= 0.3 is 0 Å². The van der Waals surface area contributed by atoms with Crippen molar-refractivity contribution in [3.63, 3.8) is 0 Å². The summed E-state index contributed by atoms with van der Waals surface area (Å²) in [6.07, 6.45) is 5.35. The second-order valence-electron chi connectivity index (χ2n) is 4.97. The van der Waals surface area contributed by atoms with Gasteiger partial charge in [-0.2, -0.15) is 5.26 Å². The first-order valence-electron chi connectivity index (χ1n) is 6.91. The number of nitriles is 1. The maximum Gasteiger partial charge on any atom is 0.119 e. The number of fused-ring (bicyclic) bond motifs is 1. The van der Waals surface area contributed by atoms with Crippen molar-refractivity contribution in [3.05, 3.63) is 60.0 Å². The minimum absolute atomic E-state index is 0.632. The number of aromatic amines is 1.